The summed E-state index contributed by atoms with van der Waals surface area (Å²) in [4.78, 5) is 32.9. The molecule has 0 aliphatic carbocycles. The van der Waals surface area contributed by atoms with E-state index in [1.165, 1.54) is 6.07 Å². The van der Waals surface area contributed by atoms with Crippen LogP contribution in [0.15, 0.2) is 12.1 Å². The van der Waals surface area contributed by atoms with Gasteiger partial charge in [0.1, 0.15) is 23.6 Å². The summed E-state index contributed by atoms with van der Waals surface area (Å²) in [6.45, 7) is 0. The predicted octanol–water partition coefficient (Wildman–Crippen LogP) is -0.562. The zero-order chi connectivity index (χ0) is 16.4. The predicted molar refractivity (Wildman–Crippen MR) is 69.8 cm³/mol. The maximum absolute atomic E-state index is 13.5. The van der Waals surface area contributed by atoms with Gasteiger partial charge in [-0.2, -0.15) is 0 Å². The van der Waals surface area contributed by atoms with Crippen LogP contribution in [0.3, 0.4) is 0 Å². The number of carbonyl (C=O) groups excluding carboxylic acids is 1. The highest BCUT2D eigenvalue weighted by Gasteiger charge is 2.38. The summed E-state index contributed by atoms with van der Waals surface area (Å²) >= 11 is 0. The van der Waals surface area contributed by atoms with Gasteiger partial charge >= 0.3 is 19.1 Å². The van der Waals surface area contributed by atoms with Crippen molar-refractivity contribution < 1.29 is 38.7 Å². The second kappa shape index (κ2) is 6.02. The molecule has 1 heterocycles. The van der Waals surface area contributed by atoms with Gasteiger partial charge in [0.15, 0.2) is 0 Å². The van der Waals surface area contributed by atoms with Crippen molar-refractivity contribution in [2.75, 3.05) is 0 Å². The number of rotatable bonds is 4. The number of halogens is 1. The average molecular weight is 311 g/mol. The summed E-state index contributed by atoms with van der Waals surface area (Å²) in [5.41, 5.74) is -0.420. The number of carboxylic acids is 2. The lowest BCUT2D eigenvalue weighted by molar-refractivity contribution is -0.140. The maximum atomic E-state index is 13.5. The first-order valence-corrected chi connectivity index (χ1v) is 6.20. The summed E-state index contributed by atoms with van der Waals surface area (Å²) in [6.07, 6.45) is -0.803. The van der Waals surface area contributed by atoms with Crippen molar-refractivity contribution in [1.29, 1.82) is 0 Å². The van der Waals surface area contributed by atoms with E-state index >= 15 is 0 Å². The number of carbonyl (C=O) groups is 3. The van der Waals surface area contributed by atoms with E-state index < -0.39 is 48.7 Å². The molecule has 1 aliphatic rings. The van der Waals surface area contributed by atoms with Gasteiger partial charge in [-0.15, -0.1) is 0 Å². The van der Waals surface area contributed by atoms with E-state index in [1.807, 2.05) is 0 Å². The Balaban J connectivity index is 2.24. The molecule has 1 aromatic rings. The Labute approximate surface area is 123 Å². The molecule has 8 nitrogen and oxygen atoms in total. The Kier molecular flexibility index (Phi) is 4.31. The second-order valence-electron chi connectivity index (χ2n) is 4.67. The number of carboxylic acid groups (broad SMARTS) is 2. The van der Waals surface area contributed by atoms with Gasteiger partial charge in [0, 0.05) is 0 Å². The molecule has 22 heavy (non-hydrogen) atoms. The van der Waals surface area contributed by atoms with Crippen molar-refractivity contribution in [3.8, 4) is 5.75 Å². The van der Waals surface area contributed by atoms with E-state index in [2.05, 4.69) is 5.32 Å². The molecule has 0 saturated heterocycles. The molecule has 116 valence electrons. The third-order valence-corrected chi connectivity index (χ3v) is 3.08. The second-order valence-corrected chi connectivity index (χ2v) is 4.67. The smallest absolute Gasteiger partial charge is 0.534 e. The van der Waals surface area contributed by atoms with Crippen molar-refractivity contribution in [2.24, 2.45) is 0 Å². The summed E-state index contributed by atoms with van der Waals surface area (Å²) in [6, 6.07) is 2.22. The number of fused-ring (bicyclic) bond motifs is 1. The van der Waals surface area contributed by atoms with Crippen molar-refractivity contribution in [2.45, 2.75) is 18.8 Å². The zero-order valence-corrected chi connectivity index (χ0v) is 11.1. The fourth-order valence-corrected chi connectivity index (χ4v) is 2.15. The lowest BCUT2D eigenvalue weighted by Crippen LogP contribution is -2.53. The van der Waals surface area contributed by atoms with E-state index in [1.54, 1.807) is 0 Å². The molecule has 1 aliphatic heterocycles. The minimum atomic E-state index is -1.62. The molecule has 10 heteroatoms. The van der Waals surface area contributed by atoms with Crippen molar-refractivity contribution in [3.05, 3.63) is 29.1 Å². The lowest BCUT2D eigenvalue weighted by Gasteiger charge is -2.28. The number of aromatic carboxylic acids is 1. The SMILES string of the molecule is O=C(O)CC(=O)NC1Cc2ccc(F)c(C(=O)O)c2OB1O. The van der Waals surface area contributed by atoms with Crippen molar-refractivity contribution >= 4 is 25.0 Å². The quantitative estimate of drug-likeness (QED) is 0.432. The van der Waals surface area contributed by atoms with Crippen LogP contribution in [0.4, 0.5) is 4.39 Å². The van der Waals surface area contributed by atoms with Gasteiger partial charge in [-0.3, -0.25) is 9.59 Å². The molecule has 0 aromatic heterocycles. The summed E-state index contributed by atoms with van der Waals surface area (Å²) in [5.74, 6) is -5.99. The maximum Gasteiger partial charge on any atom is 0.547 e. The standard InChI is InChI=1S/C12H11BFNO7/c14-6-2-1-5-3-7(15-8(16)4-9(17)18)13(21)22-11(5)10(6)12(19)20/h1-2,7,21H,3-4H2,(H,15,16)(H,17,18)(H,19,20). The van der Waals surface area contributed by atoms with Crippen LogP contribution in [0.2, 0.25) is 0 Å². The van der Waals surface area contributed by atoms with Crippen LogP contribution in [-0.4, -0.2) is 46.1 Å². The van der Waals surface area contributed by atoms with Gasteiger partial charge in [0.25, 0.3) is 0 Å². The highest BCUT2D eigenvalue weighted by Crippen LogP contribution is 2.31. The van der Waals surface area contributed by atoms with E-state index in [0.29, 0.717) is 0 Å². The topological polar surface area (TPSA) is 133 Å². The summed E-state index contributed by atoms with van der Waals surface area (Å²) in [5, 5.41) is 29.5. The molecule has 1 amide bonds. The summed E-state index contributed by atoms with van der Waals surface area (Å²) < 4.78 is 18.5. The molecule has 1 unspecified atom stereocenters. The lowest BCUT2D eigenvalue weighted by atomic mass is 9.72. The first kappa shape index (κ1) is 15.8. The van der Waals surface area contributed by atoms with Crippen LogP contribution < -0.4 is 9.97 Å². The number of hydrogen-bond donors (Lipinski definition) is 4. The number of aliphatic carboxylic acids is 1. The van der Waals surface area contributed by atoms with Crippen molar-refractivity contribution in [3.63, 3.8) is 0 Å². The van der Waals surface area contributed by atoms with Gasteiger partial charge in [0.2, 0.25) is 5.91 Å². The number of benzene rings is 1. The first-order valence-electron chi connectivity index (χ1n) is 6.20. The molecule has 4 N–H and O–H groups in total. The number of hydrogen-bond acceptors (Lipinski definition) is 5. The van der Waals surface area contributed by atoms with Crippen LogP contribution in [0.25, 0.3) is 0 Å². The molecule has 1 atom stereocenters. The molecular formula is C12H11BFNO7. The largest absolute Gasteiger partial charge is 0.547 e. The van der Waals surface area contributed by atoms with Gasteiger partial charge in [-0.25, -0.2) is 9.18 Å². The zero-order valence-electron chi connectivity index (χ0n) is 11.1. The Bertz CT molecular complexity index is 651. The molecule has 0 bridgehead atoms. The fraction of sp³-hybridized carbons (Fsp3) is 0.250. The molecular weight excluding hydrogens is 300 g/mol. The van der Waals surface area contributed by atoms with Crippen LogP contribution in [0, 0.1) is 5.82 Å². The molecule has 2 rings (SSSR count). The number of amides is 1. The van der Waals surface area contributed by atoms with Gasteiger partial charge < -0.3 is 25.2 Å². The third kappa shape index (κ3) is 3.17. The molecule has 0 fully saturated rings. The van der Waals surface area contributed by atoms with Crippen molar-refractivity contribution in [1.82, 2.24) is 5.32 Å². The van der Waals surface area contributed by atoms with Gasteiger partial charge in [0.05, 0.1) is 5.94 Å². The third-order valence-electron chi connectivity index (χ3n) is 3.08. The normalized spacial score (nSPS) is 16.5. The Hall–Kier alpha value is -2.62. The fourth-order valence-electron chi connectivity index (χ4n) is 2.15. The monoisotopic (exact) mass is 311 g/mol. The Morgan fingerprint density at radius 2 is 2.05 bits per heavy atom. The average Bonchev–Trinajstić information content (AvgIpc) is 2.38. The van der Waals surface area contributed by atoms with E-state index in [0.717, 1.165) is 6.07 Å². The van der Waals surface area contributed by atoms with Gasteiger partial charge in [-0.1, -0.05) is 6.07 Å². The molecule has 0 spiro atoms. The number of nitrogens with one attached hydrogen (secondary N) is 1. The summed E-state index contributed by atoms with van der Waals surface area (Å²) in [7, 11) is -1.62. The highest BCUT2D eigenvalue weighted by molar-refractivity contribution is 6.47. The molecule has 0 saturated carbocycles. The highest BCUT2D eigenvalue weighted by atomic mass is 19.1. The minimum Gasteiger partial charge on any atom is -0.534 e. The van der Waals surface area contributed by atoms with Crippen LogP contribution in [0.5, 0.6) is 5.75 Å². The van der Waals surface area contributed by atoms with E-state index in [4.69, 9.17) is 14.9 Å². The van der Waals surface area contributed by atoms with Gasteiger partial charge in [-0.05, 0) is 18.1 Å². The van der Waals surface area contributed by atoms with E-state index in [9.17, 15) is 23.8 Å². The Morgan fingerprint density at radius 3 is 2.64 bits per heavy atom. The van der Waals surface area contributed by atoms with E-state index in [-0.39, 0.29) is 17.7 Å². The van der Waals surface area contributed by atoms with Crippen LogP contribution in [0.1, 0.15) is 22.3 Å². The Morgan fingerprint density at radius 1 is 1.36 bits per heavy atom. The molecule has 0 radical (unpaired) electrons. The van der Waals surface area contributed by atoms with Crippen LogP contribution >= 0.6 is 0 Å². The minimum absolute atomic E-state index is 0.0254. The first-order chi connectivity index (χ1) is 10.3. The van der Waals surface area contributed by atoms with Crippen LogP contribution in [-0.2, 0) is 16.0 Å². The molecule has 1 aromatic carbocycles.